The van der Waals surface area contributed by atoms with Gasteiger partial charge < -0.3 is 35.2 Å². The van der Waals surface area contributed by atoms with Crippen molar-refractivity contribution in [1.82, 2.24) is 5.32 Å². The number of carbonyl (C=O) groups is 1. The standard InChI is InChI=1S/C60H115NO11S/c1-3-5-7-9-11-13-15-17-19-21-23-24-25-26-27-28-29-30-32-34-36-38-40-42-44-46-48-50-56(64)61-53(52-70-60-58(66)59(72-73(67,68)69)57(65)55(51-62)71-60)54(63)49-47-45-43-41-39-37-35-33-31-22-20-18-16-14-12-10-8-6-4-2/h26-27,47,49,53-55,57-60,62-63,65-66H,3-25,28-46,48,50-52H2,1-2H3,(H,61,64)(H,67,68,69)/b27-26-,49-47+. The maximum atomic E-state index is 13.1. The monoisotopic (exact) mass is 1060 g/mol. The molecule has 0 aromatic carbocycles. The molecule has 1 fully saturated rings. The lowest BCUT2D eigenvalue weighted by Crippen LogP contribution is -2.61. The predicted octanol–water partition coefficient (Wildman–Crippen LogP) is 14.8. The Morgan fingerprint density at radius 3 is 1.23 bits per heavy atom. The molecule has 0 aliphatic carbocycles. The van der Waals surface area contributed by atoms with Crippen LogP contribution in [0.1, 0.15) is 296 Å². The zero-order valence-electron chi connectivity index (χ0n) is 47.0. The number of ether oxygens (including phenoxy) is 2. The number of hydrogen-bond acceptors (Lipinski definition) is 10. The van der Waals surface area contributed by atoms with Gasteiger partial charge in [-0.25, -0.2) is 4.18 Å². The summed E-state index contributed by atoms with van der Waals surface area (Å²) in [6, 6.07) is -0.944. The highest BCUT2D eigenvalue weighted by Crippen LogP contribution is 2.26. The van der Waals surface area contributed by atoms with Crippen LogP contribution < -0.4 is 5.32 Å². The highest BCUT2D eigenvalue weighted by Gasteiger charge is 2.48. The third kappa shape index (κ3) is 42.3. The van der Waals surface area contributed by atoms with E-state index in [4.69, 9.17) is 9.47 Å². The first kappa shape index (κ1) is 69.6. The van der Waals surface area contributed by atoms with Gasteiger partial charge in [0, 0.05) is 6.42 Å². The van der Waals surface area contributed by atoms with E-state index in [1.807, 2.05) is 6.08 Å². The van der Waals surface area contributed by atoms with Gasteiger partial charge in [0.1, 0.15) is 24.4 Å². The minimum Gasteiger partial charge on any atom is -0.394 e. The van der Waals surface area contributed by atoms with E-state index in [9.17, 15) is 38.2 Å². The summed E-state index contributed by atoms with van der Waals surface area (Å²) in [6.45, 7) is 3.44. The molecule has 0 saturated carbocycles. The Balaban J connectivity index is 2.32. The van der Waals surface area contributed by atoms with Crippen LogP contribution in [-0.2, 0) is 28.9 Å². The molecular formula is C60H115NO11S. The summed E-state index contributed by atoms with van der Waals surface area (Å²) in [4.78, 5) is 13.1. The number of unbranched alkanes of at least 4 members (excludes halogenated alkanes) is 40. The summed E-state index contributed by atoms with van der Waals surface area (Å²) in [5, 5.41) is 45.0. The summed E-state index contributed by atoms with van der Waals surface area (Å²) < 4.78 is 47.9. The molecule has 432 valence electrons. The summed E-state index contributed by atoms with van der Waals surface area (Å²) in [5.41, 5.74) is 0. The highest BCUT2D eigenvalue weighted by atomic mass is 32.3. The first-order valence-corrected chi connectivity index (χ1v) is 32.1. The van der Waals surface area contributed by atoms with Gasteiger partial charge in [-0.15, -0.1) is 0 Å². The van der Waals surface area contributed by atoms with E-state index in [-0.39, 0.29) is 18.9 Å². The zero-order chi connectivity index (χ0) is 53.3. The largest absolute Gasteiger partial charge is 0.397 e. The van der Waals surface area contributed by atoms with E-state index >= 15 is 0 Å². The number of amides is 1. The van der Waals surface area contributed by atoms with Crippen molar-refractivity contribution < 1.29 is 51.8 Å². The molecule has 1 amide bonds. The molecule has 7 unspecified atom stereocenters. The highest BCUT2D eigenvalue weighted by molar-refractivity contribution is 7.80. The van der Waals surface area contributed by atoms with Crippen LogP contribution in [-0.4, -0.2) is 95.4 Å². The molecule has 1 aliphatic rings. The van der Waals surface area contributed by atoms with Crippen molar-refractivity contribution in [3.05, 3.63) is 24.3 Å². The second-order valence-corrected chi connectivity index (χ2v) is 22.7. The van der Waals surface area contributed by atoms with Crippen molar-refractivity contribution in [1.29, 1.82) is 0 Å². The van der Waals surface area contributed by atoms with Gasteiger partial charge in [-0.05, 0) is 44.9 Å². The van der Waals surface area contributed by atoms with Crippen LogP contribution in [0.4, 0.5) is 0 Å². The van der Waals surface area contributed by atoms with Crippen LogP contribution in [0.15, 0.2) is 24.3 Å². The topological polar surface area (TPSA) is 192 Å². The number of allylic oxidation sites excluding steroid dienone is 3. The smallest absolute Gasteiger partial charge is 0.394 e. The molecule has 12 nitrogen and oxygen atoms in total. The van der Waals surface area contributed by atoms with E-state index in [0.29, 0.717) is 6.42 Å². The minimum absolute atomic E-state index is 0.259. The zero-order valence-corrected chi connectivity index (χ0v) is 47.8. The molecule has 73 heavy (non-hydrogen) atoms. The Kier molecular flexibility index (Phi) is 47.8. The first-order valence-electron chi connectivity index (χ1n) is 30.7. The lowest BCUT2D eigenvalue weighted by molar-refractivity contribution is -0.298. The van der Waals surface area contributed by atoms with Gasteiger partial charge in [-0.1, -0.05) is 269 Å². The van der Waals surface area contributed by atoms with Crippen molar-refractivity contribution >= 4 is 16.3 Å². The maximum Gasteiger partial charge on any atom is 0.397 e. The number of hydrogen-bond donors (Lipinski definition) is 6. The van der Waals surface area contributed by atoms with Crippen LogP contribution in [0.25, 0.3) is 0 Å². The number of nitrogens with one attached hydrogen (secondary N) is 1. The van der Waals surface area contributed by atoms with Gasteiger partial charge in [0.2, 0.25) is 5.91 Å². The van der Waals surface area contributed by atoms with Gasteiger partial charge in [0.15, 0.2) is 6.29 Å². The van der Waals surface area contributed by atoms with Crippen LogP contribution >= 0.6 is 0 Å². The predicted molar refractivity (Wildman–Crippen MR) is 301 cm³/mol. The SMILES string of the molecule is CCCCCCCCCCCCCC/C=C\CCCCCCCCCCCCCC(=O)NC(COC1OC(CO)C(O)C(OS(=O)(=O)O)C1O)C(O)/C=C/CCCCCCCCCCCCCCCCCCC. The van der Waals surface area contributed by atoms with Crippen molar-refractivity contribution in [3.8, 4) is 0 Å². The molecule has 1 rings (SSSR count). The van der Waals surface area contributed by atoms with Crippen molar-refractivity contribution in [2.45, 2.75) is 339 Å². The van der Waals surface area contributed by atoms with E-state index < -0.39 is 59.9 Å². The molecule has 7 atom stereocenters. The summed E-state index contributed by atoms with van der Waals surface area (Å²) >= 11 is 0. The number of aliphatic hydroxyl groups is 4. The average molecular weight is 1060 g/mol. The Labute approximate surface area is 448 Å². The molecule has 13 heteroatoms. The summed E-state index contributed by atoms with van der Waals surface area (Å²) in [7, 11) is -5.09. The Morgan fingerprint density at radius 1 is 0.534 bits per heavy atom. The Hall–Kier alpha value is -1.42. The fourth-order valence-corrected chi connectivity index (χ4v) is 10.5. The van der Waals surface area contributed by atoms with E-state index in [1.54, 1.807) is 6.08 Å². The normalized spacial score (nSPS) is 19.4. The van der Waals surface area contributed by atoms with Crippen LogP contribution in [0, 0.1) is 0 Å². The van der Waals surface area contributed by atoms with Gasteiger partial charge in [-0.3, -0.25) is 9.35 Å². The van der Waals surface area contributed by atoms with E-state index in [1.165, 1.54) is 231 Å². The van der Waals surface area contributed by atoms with Gasteiger partial charge >= 0.3 is 10.4 Å². The third-order valence-corrected chi connectivity index (χ3v) is 15.2. The van der Waals surface area contributed by atoms with E-state index in [0.717, 1.165) is 38.5 Å². The van der Waals surface area contributed by atoms with Crippen LogP contribution in [0.2, 0.25) is 0 Å². The third-order valence-electron chi connectivity index (χ3n) is 14.7. The van der Waals surface area contributed by atoms with E-state index in [2.05, 4.69) is 35.5 Å². The molecule has 0 aromatic heterocycles. The summed E-state index contributed by atoms with van der Waals surface area (Å²) in [5.74, 6) is -0.259. The van der Waals surface area contributed by atoms with Gasteiger partial charge in [0.05, 0.1) is 25.4 Å². The van der Waals surface area contributed by atoms with Crippen LogP contribution in [0.3, 0.4) is 0 Å². The molecule has 0 spiro atoms. The second kappa shape index (κ2) is 50.1. The molecule has 1 heterocycles. The number of carbonyl (C=O) groups excluding carboxylic acids is 1. The number of rotatable bonds is 54. The molecule has 0 bridgehead atoms. The first-order chi connectivity index (χ1) is 35.5. The average Bonchev–Trinajstić information content (AvgIpc) is 3.37. The van der Waals surface area contributed by atoms with Crippen molar-refractivity contribution in [2.75, 3.05) is 13.2 Å². The summed E-state index contributed by atoms with van der Waals surface area (Å²) in [6.07, 6.45) is 53.7. The molecular weight excluding hydrogens is 943 g/mol. The van der Waals surface area contributed by atoms with Crippen molar-refractivity contribution in [3.63, 3.8) is 0 Å². The fraction of sp³-hybridized carbons (Fsp3) is 0.917. The van der Waals surface area contributed by atoms with Crippen LogP contribution in [0.5, 0.6) is 0 Å². The molecule has 1 saturated heterocycles. The lowest BCUT2D eigenvalue weighted by Gasteiger charge is -2.41. The minimum atomic E-state index is -5.09. The van der Waals surface area contributed by atoms with Gasteiger partial charge in [-0.2, -0.15) is 8.42 Å². The Morgan fingerprint density at radius 2 is 0.877 bits per heavy atom. The molecule has 0 radical (unpaired) electrons. The fourth-order valence-electron chi connectivity index (χ4n) is 9.98. The van der Waals surface area contributed by atoms with Crippen molar-refractivity contribution in [2.24, 2.45) is 0 Å². The Bertz CT molecular complexity index is 1380. The molecule has 1 aliphatic heterocycles. The maximum absolute atomic E-state index is 13.1. The molecule has 6 N–H and O–H groups in total. The number of aliphatic hydroxyl groups excluding tert-OH is 4. The van der Waals surface area contributed by atoms with Gasteiger partial charge in [0.25, 0.3) is 0 Å². The quantitative estimate of drug-likeness (QED) is 0.0193. The second-order valence-electron chi connectivity index (χ2n) is 21.6. The lowest BCUT2D eigenvalue weighted by atomic mass is 9.99. The molecule has 0 aromatic rings.